The van der Waals surface area contributed by atoms with Crippen molar-refractivity contribution in [2.24, 2.45) is 7.05 Å². The Morgan fingerprint density at radius 2 is 0.784 bits per heavy atom. The molecule has 0 N–H and O–H groups in total. The third kappa shape index (κ3) is 7.30. The van der Waals surface area contributed by atoms with E-state index in [1.54, 1.807) is 0 Å². The molecule has 5 heteroatoms. The van der Waals surface area contributed by atoms with Crippen LogP contribution in [0.25, 0.3) is 49.3 Å². The minimum absolute atomic E-state index is 0.00554. The molecular formula is C69H73BN4. The van der Waals surface area contributed by atoms with Gasteiger partial charge in [0.25, 0.3) is 6.71 Å². The highest BCUT2D eigenvalue weighted by Gasteiger charge is 2.46. The van der Waals surface area contributed by atoms with Crippen molar-refractivity contribution < 1.29 is 0 Å². The standard InChI is InChI=1S/C69H73BN4/c1-65(2,3)42-24-31-47(32-25-42)72-56-37-30-46(69(13,14)15)40-52(56)70-62-57(72)22-19-23-58(62)73(48-33-26-43(27-34-48)66(4,5)6)60-41-59(61-49-20-17-18-21-53(49)71(16)64(61)63(60)70)74-54-35-28-44(67(7,8)9)38-50(54)51-39-45(68(10,11)12)29-36-55(51)74/h17-41H,1-16H3. The van der Waals surface area contributed by atoms with Crippen molar-refractivity contribution in [3.05, 3.63) is 179 Å². The molecular weight excluding hydrogens is 896 g/mol. The van der Waals surface area contributed by atoms with Gasteiger partial charge in [-0.2, -0.15) is 0 Å². The quantitative estimate of drug-likeness (QED) is 0.164. The van der Waals surface area contributed by atoms with Crippen molar-refractivity contribution in [1.82, 2.24) is 9.13 Å². The zero-order valence-electron chi connectivity index (χ0n) is 46.8. The van der Waals surface area contributed by atoms with Gasteiger partial charge in [-0.1, -0.05) is 177 Å². The minimum atomic E-state index is -0.0786. The molecule has 0 saturated heterocycles. The van der Waals surface area contributed by atoms with E-state index >= 15 is 0 Å². The molecule has 0 amide bonds. The zero-order valence-corrected chi connectivity index (χ0v) is 46.8. The van der Waals surface area contributed by atoms with Gasteiger partial charge in [-0.25, -0.2) is 0 Å². The predicted molar refractivity (Wildman–Crippen MR) is 322 cm³/mol. The summed E-state index contributed by atoms with van der Waals surface area (Å²) in [5.74, 6) is 0. The van der Waals surface area contributed by atoms with Gasteiger partial charge >= 0.3 is 0 Å². The molecule has 0 aliphatic carbocycles. The van der Waals surface area contributed by atoms with E-state index in [0.717, 1.165) is 5.69 Å². The zero-order chi connectivity index (χ0) is 52.3. The summed E-state index contributed by atoms with van der Waals surface area (Å²) in [6, 6.07) is 59.4. The number of hydrogen-bond donors (Lipinski definition) is 0. The Morgan fingerprint density at radius 3 is 1.28 bits per heavy atom. The highest BCUT2D eigenvalue weighted by molar-refractivity contribution is 7.01. The molecule has 0 radical (unpaired) electrons. The van der Waals surface area contributed by atoms with E-state index in [4.69, 9.17) is 0 Å². The monoisotopic (exact) mass is 969 g/mol. The van der Waals surface area contributed by atoms with Gasteiger partial charge in [-0.15, -0.1) is 0 Å². The van der Waals surface area contributed by atoms with Crippen LogP contribution >= 0.6 is 0 Å². The number of rotatable bonds is 3. The average molecular weight is 969 g/mol. The molecule has 0 bridgehead atoms. The predicted octanol–water partition coefficient (Wildman–Crippen LogP) is 17.0. The van der Waals surface area contributed by atoms with E-state index < -0.39 is 0 Å². The van der Waals surface area contributed by atoms with E-state index in [2.05, 4.69) is 281 Å². The molecule has 12 rings (SSSR count). The van der Waals surface area contributed by atoms with Crippen LogP contribution in [-0.4, -0.2) is 15.8 Å². The van der Waals surface area contributed by atoms with Crippen LogP contribution in [0.5, 0.6) is 0 Å². The van der Waals surface area contributed by atoms with Crippen LogP contribution in [0, 0.1) is 0 Å². The van der Waals surface area contributed by atoms with Gasteiger partial charge in [-0.05, 0) is 150 Å². The fourth-order valence-corrected chi connectivity index (χ4v) is 12.4. The highest BCUT2D eigenvalue weighted by atomic mass is 15.2. The number of para-hydroxylation sites is 1. The Kier molecular flexibility index (Phi) is 10.4. The molecule has 0 fully saturated rings. The number of aromatic nitrogens is 2. The molecule has 4 nitrogen and oxygen atoms in total. The fraction of sp³-hybridized carbons (Fsp3) is 0.304. The van der Waals surface area contributed by atoms with E-state index in [9.17, 15) is 0 Å². The third-order valence-electron chi connectivity index (χ3n) is 16.7. The maximum Gasteiger partial charge on any atom is 0.254 e. The number of fused-ring (bicyclic) bond motifs is 11. The van der Waals surface area contributed by atoms with Gasteiger partial charge in [0.1, 0.15) is 0 Å². The van der Waals surface area contributed by atoms with E-state index in [1.165, 1.54) is 122 Å². The average Bonchev–Trinajstić information content (AvgIpc) is 3.88. The summed E-state index contributed by atoms with van der Waals surface area (Å²) in [5, 5.41) is 5.12. The van der Waals surface area contributed by atoms with Crippen LogP contribution in [0.15, 0.2) is 152 Å². The maximum atomic E-state index is 2.61. The minimum Gasteiger partial charge on any atom is -0.344 e. The van der Waals surface area contributed by atoms with E-state index in [-0.39, 0.29) is 33.8 Å². The molecule has 10 aromatic rings. The molecule has 0 spiro atoms. The summed E-state index contributed by atoms with van der Waals surface area (Å²) < 4.78 is 5.14. The molecule has 0 atom stereocenters. The molecule has 8 aromatic carbocycles. The summed E-state index contributed by atoms with van der Waals surface area (Å²) in [4.78, 5) is 5.17. The molecule has 2 aliphatic rings. The van der Waals surface area contributed by atoms with Crippen molar-refractivity contribution in [3.8, 4) is 5.69 Å². The lowest BCUT2D eigenvalue weighted by atomic mass is 9.33. The summed E-state index contributed by atoms with van der Waals surface area (Å²) in [7, 11) is 2.31. The van der Waals surface area contributed by atoms with Crippen molar-refractivity contribution in [2.75, 3.05) is 9.80 Å². The summed E-state index contributed by atoms with van der Waals surface area (Å²) in [6.45, 7) is 34.8. The summed E-state index contributed by atoms with van der Waals surface area (Å²) in [6.07, 6.45) is 0. The topological polar surface area (TPSA) is 16.3 Å². The first-order valence-corrected chi connectivity index (χ1v) is 27.0. The molecule has 2 aromatic heterocycles. The smallest absolute Gasteiger partial charge is 0.254 e. The van der Waals surface area contributed by atoms with Gasteiger partial charge in [0.05, 0.1) is 16.7 Å². The molecule has 372 valence electrons. The van der Waals surface area contributed by atoms with Crippen molar-refractivity contribution in [2.45, 2.75) is 131 Å². The van der Waals surface area contributed by atoms with E-state index in [1.807, 2.05) is 0 Å². The van der Waals surface area contributed by atoms with Crippen molar-refractivity contribution in [3.63, 3.8) is 0 Å². The molecule has 4 heterocycles. The number of benzene rings is 8. The van der Waals surface area contributed by atoms with E-state index in [0.29, 0.717) is 0 Å². The van der Waals surface area contributed by atoms with Crippen LogP contribution in [0.1, 0.15) is 132 Å². The first kappa shape index (κ1) is 48.0. The summed E-state index contributed by atoms with van der Waals surface area (Å²) >= 11 is 0. The molecule has 0 saturated carbocycles. The second-order valence-corrected chi connectivity index (χ2v) is 26.9. The number of aryl methyl sites for hydroxylation is 1. The van der Waals surface area contributed by atoms with Crippen LogP contribution in [-0.2, 0) is 34.1 Å². The van der Waals surface area contributed by atoms with Gasteiger partial charge in [0, 0.05) is 73.8 Å². The Bertz CT molecular complexity index is 3850. The first-order chi connectivity index (χ1) is 34.8. The lowest BCUT2D eigenvalue weighted by Crippen LogP contribution is -2.62. The SMILES string of the molecule is Cn1c2ccccc2c2c(-n3c4ccc(C(C)(C)C)cc4c4cc(C(C)(C)C)ccc43)cc3c(c21)B1c2cc(C(C)(C)C)ccc2N(c2ccc(C(C)(C)C)cc2)c2cccc(c21)N3c1ccc(C(C)(C)C)cc1. The van der Waals surface area contributed by atoms with Crippen LogP contribution in [0.4, 0.5) is 34.1 Å². The first-order valence-electron chi connectivity index (χ1n) is 27.0. The lowest BCUT2D eigenvalue weighted by molar-refractivity contribution is 0.590. The number of anilines is 6. The Hall–Kier alpha value is -6.98. The Morgan fingerprint density at radius 1 is 0.338 bits per heavy atom. The number of hydrogen-bond acceptors (Lipinski definition) is 2. The van der Waals surface area contributed by atoms with Crippen molar-refractivity contribution >= 4 is 101 Å². The fourth-order valence-electron chi connectivity index (χ4n) is 12.4. The highest BCUT2D eigenvalue weighted by Crippen LogP contribution is 2.49. The second-order valence-electron chi connectivity index (χ2n) is 26.9. The molecule has 2 aliphatic heterocycles. The number of nitrogens with zero attached hydrogens (tertiary/aromatic N) is 4. The lowest BCUT2D eigenvalue weighted by Gasteiger charge is -2.45. The molecule has 0 unspecified atom stereocenters. The second kappa shape index (κ2) is 16.0. The molecule has 74 heavy (non-hydrogen) atoms. The Labute approximate surface area is 440 Å². The maximum absolute atomic E-state index is 2.61. The largest absolute Gasteiger partial charge is 0.344 e. The third-order valence-corrected chi connectivity index (χ3v) is 16.7. The summed E-state index contributed by atoms with van der Waals surface area (Å²) in [5.41, 5.74) is 23.9. The Balaban J connectivity index is 1.26. The van der Waals surface area contributed by atoms with Gasteiger partial charge in [0.15, 0.2) is 0 Å². The van der Waals surface area contributed by atoms with Crippen molar-refractivity contribution in [1.29, 1.82) is 0 Å². The van der Waals surface area contributed by atoms with Crippen LogP contribution in [0.3, 0.4) is 0 Å². The van der Waals surface area contributed by atoms with Gasteiger partial charge in [0.2, 0.25) is 0 Å². The normalized spacial score (nSPS) is 14.1. The van der Waals surface area contributed by atoms with Gasteiger partial charge in [-0.3, -0.25) is 0 Å². The van der Waals surface area contributed by atoms with Crippen LogP contribution < -0.4 is 26.2 Å². The van der Waals surface area contributed by atoms with Crippen LogP contribution in [0.2, 0.25) is 0 Å². The van der Waals surface area contributed by atoms with Gasteiger partial charge < -0.3 is 18.9 Å².